The third-order valence-electron chi connectivity index (χ3n) is 2.84. The molecule has 6 nitrogen and oxygen atoms in total. The average Bonchev–Trinajstić information content (AvgIpc) is 2.75. The highest BCUT2D eigenvalue weighted by atomic mass is 16.5. The summed E-state index contributed by atoms with van der Waals surface area (Å²) in [5, 5.41) is 11.6. The molecule has 1 aromatic rings. The predicted molar refractivity (Wildman–Crippen MR) is 70.0 cm³/mol. The van der Waals surface area contributed by atoms with E-state index < -0.39 is 5.97 Å². The number of nitrogens with one attached hydrogen (secondary N) is 1. The highest BCUT2D eigenvalue weighted by molar-refractivity contribution is 5.93. The topological polar surface area (TPSA) is 80.6 Å². The van der Waals surface area contributed by atoms with Crippen molar-refractivity contribution in [3.8, 4) is 0 Å². The molecule has 1 rings (SSSR count). The molecule has 2 N–H and O–H groups in total. The number of carbonyl (C=O) groups excluding carboxylic acids is 1. The van der Waals surface area contributed by atoms with E-state index in [1.807, 2.05) is 13.8 Å². The van der Waals surface area contributed by atoms with Crippen LogP contribution in [0.15, 0.2) is 18.3 Å². The first-order chi connectivity index (χ1) is 8.95. The van der Waals surface area contributed by atoms with Crippen LogP contribution in [-0.4, -0.2) is 41.3 Å². The maximum Gasteiger partial charge on any atom is 0.323 e. The molecule has 6 heteroatoms. The van der Waals surface area contributed by atoms with Gasteiger partial charge in [-0.25, -0.2) is 0 Å². The summed E-state index contributed by atoms with van der Waals surface area (Å²) >= 11 is 0. The highest BCUT2D eigenvalue weighted by Crippen LogP contribution is 2.06. The van der Waals surface area contributed by atoms with Gasteiger partial charge in [0.25, 0.3) is 5.91 Å². The van der Waals surface area contributed by atoms with E-state index >= 15 is 0 Å². The molecule has 0 radical (unpaired) electrons. The van der Waals surface area contributed by atoms with Crippen LogP contribution in [0.4, 0.5) is 0 Å². The Morgan fingerprint density at radius 1 is 1.47 bits per heavy atom. The first-order valence-corrected chi connectivity index (χ1v) is 6.12. The summed E-state index contributed by atoms with van der Waals surface area (Å²) in [5.74, 6) is -1.05. The molecular weight excluding hydrogens is 248 g/mol. The second kappa shape index (κ2) is 6.94. The Bertz CT molecular complexity index is 440. The zero-order valence-corrected chi connectivity index (χ0v) is 11.4. The van der Waals surface area contributed by atoms with Gasteiger partial charge in [0.2, 0.25) is 0 Å². The van der Waals surface area contributed by atoms with Gasteiger partial charge in [-0.2, -0.15) is 0 Å². The number of carboxylic acid groups (broad SMARTS) is 1. The summed E-state index contributed by atoms with van der Waals surface area (Å²) in [6.45, 7) is 4.16. The number of aromatic nitrogens is 1. The lowest BCUT2D eigenvalue weighted by Crippen LogP contribution is -2.42. The molecule has 1 atom stereocenters. The van der Waals surface area contributed by atoms with Gasteiger partial charge in [0, 0.05) is 13.3 Å². The third-order valence-corrected chi connectivity index (χ3v) is 2.84. The lowest BCUT2D eigenvalue weighted by atomic mass is 10.1. The molecular formula is C13H20N2O4. The molecule has 19 heavy (non-hydrogen) atoms. The van der Waals surface area contributed by atoms with Crippen LogP contribution in [0.25, 0.3) is 0 Å². The van der Waals surface area contributed by atoms with Gasteiger partial charge in [-0.05, 0) is 18.1 Å². The van der Waals surface area contributed by atoms with Crippen molar-refractivity contribution in [1.29, 1.82) is 0 Å². The zero-order valence-electron chi connectivity index (χ0n) is 11.4. The summed E-state index contributed by atoms with van der Waals surface area (Å²) in [6.07, 6.45) is 1.57. The number of amides is 1. The lowest BCUT2D eigenvalue weighted by molar-refractivity contribution is -0.137. The number of rotatable bonds is 7. The molecule has 0 fully saturated rings. The van der Waals surface area contributed by atoms with Crippen LogP contribution in [0.1, 0.15) is 24.3 Å². The number of hydrogen-bond donors (Lipinski definition) is 2. The van der Waals surface area contributed by atoms with E-state index in [9.17, 15) is 9.59 Å². The number of aliphatic carboxylic acids is 1. The molecule has 1 heterocycles. The van der Waals surface area contributed by atoms with Crippen molar-refractivity contribution in [1.82, 2.24) is 9.88 Å². The lowest BCUT2D eigenvalue weighted by Gasteiger charge is -2.21. The number of hydrogen-bond acceptors (Lipinski definition) is 3. The van der Waals surface area contributed by atoms with E-state index in [1.165, 1.54) is 4.57 Å². The molecule has 0 aliphatic heterocycles. The molecule has 0 saturated carbocycles. The Labute approximate surface area is 112 Å². The van der Waals surface area contributed by atoms with Gasteiger partial charge in [-0.1, -0.05) is 13.8 Å². The smallest absolute Gasteiger partial charge is 0.323 e. The van der Waals surface area contributed by atoms with Crippen LogP contribution in [0, 0.1) is 5.92 Å². The van der Waals surface area contributed by atoms with Crippen LogP contribution in [0.5, 0.6) is 0 Å². The van der Waals surface area contributed by atoms with Crippen molar-refractivity contribution in [2.45, 2.75) is 26.4 Å². The fraction of sp³-hybridized carbons (Fsp3) is 0.538. The standard InChI is InChI=1S/C13H20N2O4/c1-9(2)10(8-19-3)14-13(18)11-5-4-6-15(11)7-12(16)17/h4-6,9-10H,7-8H2,1-3H3,(H,14,18)(H,16,17). The van der Waals surface area contributed by atoms with Gasteiger partial charge in [-0.15, -0.1) is 0 Å². The Balaban J connectivity index is 2.77. The van der Waals surface area contributed by atoms with Gasteiger partial charge in [-0.3, -0.25) is 9.59 Å². The van der Waals surface area contributed by atoms with Crippen LogP contribution in [-0.2, 0) is 16.1 Å². The fourth-order valence-electron chi connectivity index (χ4n) is 1.73. The molecule has 0 saturated heterocycles. The number of ether oxygens (including phenoxy) is 1. The molecule has 1 unspecified atom stereocenters. The Kier molecular flexibility index (Phi) is 5.57. The SMILES string of the molecule is COCC(NC(=O)c1cccn1CC(=O)O)C(C)C. The molecule has 1 amide bonds. The third kappa shape index (κ3) is 4.40. The van der Waals surface area contributed by atoms with E-state index in [0.717, 1.165) is 0 Å². The summed E-state index contributed by atoms with van der Waals surface area (Å²) < 4.78 is 6.47. The molecule has 1 aromatic heterocycles. The molecule has 0 aliphatic carbocycles. The summed E-state index contributed by atoms with van der Waals surface area (Å²) in [6, 6.07) is 3.15. The van der Waals surface area contributed by atoms with E-state index in [1.54, 1.807) is 25.4 Å². The first-order valence-electron chi connectivity index (χ1n) is 6.12. The van der Waals surface area contributed by atoms with E-state index in [4.69, 9.17) is 9.84 Å². The van der Waals surface area contributed by atoms with Crippen molar-refractivity contribution < 1.29 is 19.4 Å². The zero-order chi connectivity index (χ0) is 14.4. The van der Waals surface area contributed by atoms with Crippen molar-refractivity contribution in [3.63, 3.8) is 0 Å². The number of nitrogens with zero attached hydrogens (tertiary/aromatic N) is 1. The van der Waals surface area contributed by atoms with Crippen molar-refractivity contribution in [3.05, 3.63) is 24.0 Å². The highest BCUT2D eigenvalue weighted by Gasteiger charge is 2.19. The first kappa shape index (κ1) is 15.2. The molecule has 0 bridgehead atoms. The Morgan fingerprint density at radius 2 is 2.16 bits per heavy atom. The van der Waals surface area contributed by atoms with Crippen LogP contribution >= 0.6 is 0 Å². The fourth-order valence-corrected chi connectivity index (χ4v) is 1.73. The maximum absolute atomic E-state index is 12.1. The van der Waals surface area contributed by atoms with Crippen LogP contribution < -0.4 is 5.32 Å². The van der Waals surface area contributed by atoms with Gasteiger partial charge in [0.05, 0.1) is 12.6 Å². The summed E-state index contributed by atoms with van der Waals surface area (Å²) in [4.78, 5) is 22.8. The van der Waals surface area contributed by atoms with Gasteiger partial charge < -0.3 is 19.7 Å². The van der Waals surface area contributed by atoms with Crippen LogP contribution in [0.2, 0.25) is 0 Å². The van der Waals surface area contributed by atoms with Gasteiger partial charge >= 0.3 is 5.97 Å². The minimum atomic E-state index is -0.984. The monoisotopic (exact) mass is 268 g/mol. The van der Waals surface area contributed by atoms with Gasteiger partial charge in [0.1, 0.15) is 12.2 Å². The van der Waals surface area contributed by atoms with Gasteiger partial charge in [0.15, 0.2) is 0 Å². The molecule has 0 aliphatic rings. The van der Waals surface area contributed by atoms with E-state index in [-0.39, 0.29) is 24.4 Å². The number of methoxy groups -OCH3 is 1. The number of carboxylic acids is 1. The molecule has 0 aromatic carbocycles. The van der Waals surface area contributed by atoms with Crippen molar-refractivity contribution in [2.75, 3.05) is 13.7 Å². The Morgan fingerprint density at radius 3 is 2.68 bits per heavy atom. The van der Waals surface area contributed by atoms with Crippen molar-refractivity contribution in [2.24, 2.45) is 5.92 Å². The maximum atomic E-state index is 12.1. The quantitative estimate of drug-likeness (QED) is 0.772. The minimum absolute atomic E-state index is 0.106. The molecule has 0 spiro atoms. The van der Waals surface area contributed by atoms with Crippen LogP contribution in [0.3, 0.4) is 0 Å². The largest absolute Gasteiger partial charge is 0.480 e. The van der Waals surface area contributed by atoms with Crippen molar-refractivity contribution >= 4 is 11.9 Å². The predicted octanol–water partition coefficient (Wildman–Crippen LogP) is 0.973. The second-order valence-electron chi connectivity index (χ2n) is 4.69. The number of carbonyl (C=O) groups is 2. The Hall–Kier alpha value is -1.82. The average molecular weight is 268 g/mol. The van der Waals surface area contributed by atoms with E-state index in [0.29, 0.717) is 12.3 Å². The summed E-state index contributed by atoms with van der Waals surface area (Å²) in [7, 11) is 1.58. The second-order valence-corrected chi connectivity index (χ2v) is 4.69. The van der Waals surface area contributed by atoms with E-state index in [2.05, 4.69) is 5.32 Å². The normalized spacial score (nSPS) is 12.4. The summed E-state index contributed by atoms with van der Waals surface area (Å²) in [5.41, 5.74) is 0.337. The molecule has 106 valence electrons. The minimum Gasteiger partial charge on any atom is -0.480 e.